The maximum Gasteiger partial charge on any atom is 0.271 e. The standard InChI is InChI=1S/C17H19ClN2O5/c1-10-5-12(20(21)22)8-13(18)16(10)19-9-11-6-14(23-2)17(25-4)15(7-11)24-3/h5-8,19H,9H2,1-4H3. The topological polar surface area (TPSA) is 82.9 Å². The predicted molar refractivity (Wildman–Crippen MR) is 96.3 cm³/mol. The van der Waals surface area contributed by atoms with Gasteiger partial charge in [0.15, 0.2) is 11.5 Å². The molecule has 0 atom stereocenters. The van der Waals surface area contributed by atoms with E-state index in [-0.39, 0.29) is 5.69 Å². The van der Waals surface area contributed by atoms with E-state index in [2.05, 4.69) is 5.32 Å². The van der Waals surface area contributed by atoms with Crippen molar-refractivity contribution in [3.05, 3.63) is 50.5 Å². The summed E-state index contributed by atoms with van der Waals surface area (Å²) in [5, 5.41) is 14.4. The minimum absolute atomic E-state index is 0.0409. The Bertz CT molecular complexity index is 747. The van der Waals surface area contributed by atoms with Gasteiger partial charge in [0, 0.05) is 18.7 Å². The molecule has 1 N–H and O–H groups in total. The smallest absolute Gasteiger partial charge is 0.271 e. The third-order valence-corrected chi connectivity index (χ3v) is 3.97. The minimum Gasteiger partial charge on any atom is -0.493 e. The summed E-state index contributed by atoms with van der Waals surface area (Å²) in [4.78, 5) is 10.4. The molecule has 0 bridgehead atoms. The zero-order valence-electron chi connectivity index (χ0n) is 14.4. The molecule has 0 saturated heterocycles. The average Bonchev–Trinajstić information content (AvgIpc) is 2.59. The Morgan fingerprint density at radius 2 is 1.68 bits per heavy atom. The van der Waals surface area contributed by atoms with E-state index < -0.39 is 4.92 Å². The second-order valence-corrected chi connectivity index (χ2v) is 5.67. The van der Waals surface area contributed by atoms with Gasteiger partial charge in [0.2, 0.25) is 5.75 Å². The zero-order valence-corrected chi connectivity index (χ0v) is 15.1. The van der Waals surface area contributed by atoms with E-state index in [1.54, 1.807) is 21.1 Å². The number of rotatable bonds is 7. The van der Waals surface area contributed by atoms with E-state index in [4.69, 9.17) is 25.8 Å². The van der Waals surface area contributed by atoms with Crippen LogP contribution in [0.3, 0.4) is 0 Å². The number of nitro benzene ring substituents is 1. The lowest BCUT2D eigenvalue weighted by molar-refractivity contribution is -0.384. The van der Waals surface area contributed by atoms with Crippen LogP contribution in [0.1, 0.15) is 11.1 Å². The minimum atomic E-state index is -0.470. The van der Waals surface area contributed by atoms with Gasteiger partial charge in [-0.15, -0.1) is 0 Å². The van der Waals surface area contributed by atoms with Crippen molar-refractivity contribution in [1.82, 2.24) is 0 Å². The Labute approximate surface area is 150 Å². The fourth-order valence-electron chi connectivity index (χ4n) is 2.48. The highest BCUT2D eigenvalue weighted by molar-refractivity contribution is 6.33. The Morgan fingerprint density at radius 3 is 2.12 bits per heavy atom. The molecule has 2 rings (SSSR count). The van der Waals surface area contributed by atoms with Crippen LogP contribution >= 0.6 is 11.6 Å². The molecule has 2 aromatic carbocycles. The highest BCUT2D eigenvalue weighted by Crippen LogP contribution is 2.38. The van der Waals surface area contributed by atoms with Crippen molar-refractivity contribution in [2.45, 2.75) is 13.5 Å². The van der Waals surface area contributed by atoms with Crippen LogP contribution in [-0.2, 0) is 6.54 Å². The van der Waals surface area contributed by atoms with Gasteiger partial charge in [0.05, 0.1) is 37.0 Å². The normalized spacial score (nSPS) is 10.3. The van der Waals surface area contributed by atoms with Gasteiger partial charge in [-0.2, -0.15) is 0 Å². The monoisotopic (exact) mass is 366 g/mol. The van der Waals surface area contributed by atoms with Gasteiger partial charge in [-0.05, 0) is 30.2 Å². The van der Waals surface area contributed by atoms with Crippen molar-refractivity contribution in [2.75, 3.05) is 26.6 Å². The number of methoxy groups -OCH3 is 3. The number of ether oxygens (including phenoxy) is 3. The highest BCUT2D eigenvalue weighted by Gasteiger charge is 2.15. The molecule has 0 aliphatic heterocycles. The number of aryl methyl sites for hydroxylation is 1. The zero-order chi connectivity index (χ0) is 18.6. The quantitative estimate of drug-likeness (QED) is 0.584. The molecule has 0 aliphatic rings. The number of hydrogen-bond donors (Lipinski definition) is 1. The fourth-order valence-corrected chi connectivity index (χ4v) is 2.81. The molecule has 8 heteroatoms. The molecule has 0 amide bonds. The Kier molecular flexibility index (Phi) is 5.93. The fraction of sp³-hybridized carbons (Fsp3) is 0.294. The summed E-state index contributed by atoms with van der Waals surface area (Å²) in [6, 6.07) is 6.45. The third-order valence-electron chi connectivity index (χ3n) is 3.68. The molecular formula is C17H19ClN2O5. The van der Waals surface area contributed by atoms with Crippen molar-refractivity contribution in [3.8, 4) is 17.2 Å². The molecule has 0 radical (unpaired) electrons. The summed E-state index contributed by atoms with van der Waals surface area (Å²) in [7, 11) is 4.63. The van der Waals surface area contributed by atoms with Crippen LogP contribution in [0.15, 0.2) is 24.3 Å². The first kappa shape index (κ1) is 18.7. The number of hydrogen-bond acceptors (Lipinski definition) is 6. The van der Waals surface area contributed by atoms with Crippen molar-refractivity contribution in [1.29, 1.82) is 0 Å². The van der Waals surface area contributed by atoms with E-state index >= 15 is 0 Å². The molecule has 0 aromatic heterocycles. The number of non-ortho nitro benzene ring substituents is 1. The molecule has 134 valence electrons. The van der Waals surface area contributed by atoms with Gasteiger partial charge in [0.25, 0.3) is 5.69 Å². The SMILES string of the molecule is COc1cc(CNc2c(C)cc([N+](=O)[O-])cc2Cl)cc(OC)c1OC. The Balaban J connectivity index is 2.29. The molecule has 2 aromatic rings. The molecule has 0 spiro atoms. The second-order valence-electron chi connectivity index (χ2n) is 5.26. The number of nitrogens with one attached hydrogen (secondary N) is 1. The van der Waals surface area contributed by atoms with E-state index in [9.17, 15) is 10.1 Å². The molecule has 7 nitrogen and oxygen atoms in total. The molecule has 25 heavy (non-hydrogen) atoms. The van der Waals surface area contributed by atoms with Crippen molar-refractivity contribution < 1.29 is 19.1 Å². The van der Waals surface area contributed by atoms with E-state index in [0.29, 0.717) is 40.1 Å². The van der Waals surface area contributed by atoms with Crippen LogP contribution in [0, 0.1) is 17.0 Å². The lowest BCUT2D eigenvalue weighted by Crippen LogP contribution is -2.04. The number of nitrogens with zero attached hydrogens (tertiary/aromatic N) is 1. The molecule has 0 unspecified atom stereocenters. The highest BCUT2D eigenvalue weighted by atomic mass is 35.5. The van der Waals surface area contributed by atoms with Crippen LogP contribution in [0.4, 0.5) is 11.4 Å². The Morgan fingerprint density at radius 1 is 1.08 bits per heavy atom. The van der Waals surface area contributed by atoms with E-state index in [1.165, 1.54) is 19.2 Å². The molecular weight excluding hydrogens is 348 g/mol. The Hall–Kier alpha value is -2.67. The predicted octanol–water partition coefficient (Wildman–Crippen LogP) is 4.19. The van der Waals surface area contributed by atoms with Gasteiger partial charge < -0.3 is 19.5 Å². The maximum absolute atomic E-state index is 10.9. The average molecular weight is 367 g/mol. The summed E-state index contributed by atoms with van der Waals surface area (Å²) >= 11 is 6.17. The van der Waals surface area contributed by atoms with Crippen LogP contribution in [0.2, 0.25) is 5.02 Å². The first-order valence-electron chi connectivity index (χ1n) is 7.38. The summed E-state index contributed by atoms with van der Waals surface area (Å²) in [6.45, 7) is 2.19. The van der Waals surface area contributed by atoms with E-state index in [1.807, 2.05) is 12.1 Å². The van der Waals surface area contributed by atoms with Gasteiger partial charge in [-0.25, -0.2) is 0 Å². The maximum atomic E-state index is 10.9. The largest absolute Gasteiger partial charge is 0.493 e. The number of anilines is 1. The number of halogens is 1. The van der Waals surface area contributed by atoms with Crippen molar-refractivity contribution in [2.24, 2.45) is 0 Å². The van der Waals surface area contributed by atoms with Gasteiger partial charge in [0.1, 0.15) is 0 Å². The third kappa shape index (κ3) is 4.06. The van der Waals surface area contributed by atoms with Crippen molar-refractivity contribution in [3.63, 3.8) is 0 Å². The summed E-state index contributed by atoms with van der Waals surface area (Å²) in [5.74, 6) is 1.61. The van der Waals surface area contributed by atoms with Crippen LogP contribution in [0.25, 0.3) is 0 Å². The summed E-state index contributed by atoms with van der Waals surface area (Å²) in [6.07, 6.45) is 0. The first-order valence-corrected chi connectivity index (χ1v) is 7.76. The van der Waals surface area contributed by atoms with Crippen LogP contribution in [-0.4, -0.2) is 26.3 Å². The van der Waals surface area contributed by atoms with Crippen LogP contribution in [0.5, 0.6) is 17.2 Å². The van der Waals surface area contributed by atoms with Crippen molar-refractivity contribution >= 4 is 23.0 Å². The molecule has 0 fully saturated rings. The summed E-state index contributed by atoms with van der Waals surface area (Å²) < 4.78 is 15.9. The summed E-state index contributed by atoms with van der Waals surface area (Å²) in [5.41, 5.74) is 2.16. The first-order chi connectivity index (χ1) is 11.9. The number of nitro groups is 1. The molecule has 0 saturated carbocycles. The lowest BCUT2D eigenvalue weighted by atomic mass is 10.1. The van der Waals surface area contributed by atoms with Crippen LogP contribution < -0.4 is 19.5 Å². The second kappa shape index (κ2) is 7.94. The lowest BCUT2D eigenvalue weighted by Gasteiger charge is -2.16. The number of benzene rings is 2. The molecule has 0 heterocycles. The van der Waals surface area contributed by atoms with E-state index in [0.717, 1.165) is 5.56 Å². The molecule has 0 aliphatic carbocycles. The van der Waals surface area contributed by atoms with Gasteiger partial charge in [-0.1, -0.05) is 11.6 Å². The van der Waals surface area contributed by atoms with Gasteiger partial charge >= 0.3 is 0 Å². The van der Waals surface area contributed by atoms with Gasteiger partial charge in [-0.3, -0.25) is 10.1 Å².